The highest BCUT2D eigenvalue weighted by Crippen LogP contribution is 2.28. The first-order valence-electron chi connectivity index (χ1n) is 8.44. The van der Waals surface area contributed by atoms with Gasteiger partial charge >= 0.3 is 5.97 Å². The maximum atomic E-state index is 12.0. The molecule has 0 aromatic rings. The van der Waals surface area contributed by atoms with Gasteiger partial charge in [0.2, 0.25) is 0 Å². The highest BCUT2D eigenvalue weighted by atomic mass is 16.5. The second kappa shape index (κ2) is 7.10. The number of carbonyl (C=O) groups is 1. The zero-order chi connectivity index (χ0) is 15.5. The summed E-state index contributed by atoms with van der Waals surface area (Å²) < 4.78 is 5.00. The number of ether oxygens (including phenoxy) is 1. The predicted molar refractivity (Wildman–Crippen MR) is 85.2 cm³/mol. The van der Waals surface area contributed by atoms with Crippen LogP contribution in [-0.2, 0) is 9.53 Å². The number of methoxy groups -OCH3 is 1. The summed E-state index contributed by atoms with van der Waals surface area (Å²) in [7, 11) is 1.51. The zero-order valence-electron chi connectivity index (χ0n) is 14.2. The summed E-state index contributed by atoms with van der Waals surface area (Å²) >= 11 is 0. The second-order valence-electron chi connectivity index (χ2n) is 7.99. The molecule has 0 bridgehead atoms. The molecule has 4 heteroatoms. The van der Waals surface area contributed by atoms with Crippen molar-refractivity contribution < 1.29 is 9.53 Å². The molecule has 0 aromatic carbocycles. The Balaban J connectivity index is 1.97. The molecular formula is C17H32N2O2. The summed E-state index contributed by atoms with van der Waals surface area (Å²) in [6.45, 7) is 9.68. The molecular weight excluding hydrogens is 264 g/mol. The molecule has 1 aliphatic heterocycles. The topological polar surface area (TPSA) is 41.6 Å². The van der Waals surface area contributed by atoms with Crippen molar-refractivity contribution in [2.75, 3.05) is 26.7 Å². The molecule has 21 heavy (non-hydrogen) atoms. The second-order valence-corrected chi connectivity index (χ2v) is 7.99. The van der Waals surface area contributed by atoms with Crippen LogP contribution in [0.3, 0.4) is 0 Å². The molecule has 1 saturated heterocycles. The highest BCUT2D eigenvalue weighted by Gasteiger charge is 2.36. The van der Waals surface area contributed by atoms with Crippen LogP contribution in [0.2, 0.25) is 0 Å². The first-order valence-corrected chi connectivity index (χ1v) is 8.44. The lowest BCUT2D eigenvalue weighted by Gasteiger charge is -2.41. The van der Waals surface area contributed by atoms with Crippen molar-refractivity contribution in [2.24, 2.45) is 11.3 Å². The number of nitrogens with one attached hydrogen (secondary N) is 1. The van der Waals surface area contributed by atoms with E-state index in [1.807, 2.05) is 0 Å². The van der Waals surface area contributed by atoms with Crippen molar-refractivity contribution in [3.63, 3.8) is 0 Å². The van der Waals surface area contributed by atoms with Gasteiger partial charge < -0.3 is 10.1 Å². The molecule has 1 heterocycles. The standard InChI is InChI=1S/C17H32N2O2/c1-17(2,3)12-18-14-9-13(16(20)21-4)10-19(11-14)15-7-5-6-8-15/h13-15,18H,5-12H2,1-4H3. The van der Waals surface area contributed by atoms with E-state index < -0.39 is 0 Å². The fraction of sp³-hybridized carbons (Fsp3) is 0.941. The highest BCUT2D eigenvalue weighted by molar-refractivity contribution is 5.72. The third kappa shape index (κ3) is 4.96. The average molecular weight is 296 g/mol. The van der Waals surface area contributed by atoms with Crippen molar-refractivity contribution in [3.8, 4) is 0 Å². The van der Waals surface area contributed by atoms with Gasteiger partial charge in [0, 0.05) is 31.7 Å². The number of piperidine rings is 1. The maximum Gasteiger partial charge on any atom is 0.310 e. The summed E-state index contributed by atoms with van der Waals surface area (Å²) in [4.78, 5) is 14.5. The van der Waals surface area contributed by atoms with Gasteiger partial charge in [-0.2, -0.15) is 0 Å². The summed E-state index contributed by atoms with van der Waals surface area (Å²) in [6, 6.07) is 1.08. The molecule has 2 rings (SSSR count). The molecule has 0 aromatic heterocycles. The molecule has 1 aliphatic carbocycles. The quantitative estimate of drug-likeness (QED) is 0.809. The van der Waals surface area contributed by atoms with E-state index in [0.29, 0.717) is 12.1 Å². The molecule has 2 unspecified atom stereocenters. The van der Waals surface area contributed by atoms with Gasteiger partial charge in [-0.3, -0.25) is 9.69 Å². The molecule has 2 aliphatic rings. The Morgan fingerprint density at radius 1 is 1.24 bits per heavy atom. The van der Waals surface area contributed by atoms with Crippen LogP contribution in [0.1, 0.15) is 52.9 Å². The lowest BCUT2D eigenvalue weighted by atomic mass is 9.91. The van der Waals surface area contributed by atoms with E-state index in [2.05, 4.69) is 31.0 Å². The van der Waals surface area contributed by atoms with E-state index >= 15 is 0 Å². The van der Waals surface area contributed by atoms with Gasteiger partial charge in [0.15, 0.2) is 0 Å². The van der Waals surface area contributed by atoms with E-state index in [-0.39, 0.29) is 17.3 Å². The Labute approximate surface area is 129 Å². The smallest absolute Gasteiger partial charge is 0.310 e. The van der Waals surface area contributed by atoms with E-state index in [4.69, 9.17) is 4.74 Å². The molecule has 2 fully saturated rings. The summed E-state index contributed by atoms with van der Waals surface area (Å²) in [5.74, 6) is -0.0120. The zero-order valence-corrected chi connectivity index (χ0v) is 14.2. The van der Waals surface area contributed by atoms with Crippen molar-refractivity contribution in [1.82, 2.24) is 10.2 Å². The lowest BCUT2D eigenvalue weighted by molar-refractivity contribution is -0.148. The van der Waals surface area contributed by atoms with Gasteiger partial charge in [-0.15, -0.1) is 0 Å². The normalized spacial score (nSPS) is 28.8. The van der Waals surface area contributed by atoms with Crippen LogP contribution in [-0.4, -0.2) is 49.7 Å². The molecule has 122 valence electrons. The molecule has 1 saturated carbocycles. The maximum absolute atomic E-state index is 12.0. The summed E-state index contributed by atoms with van der Waals surface area (Å²) in [5, 5.41) is 3.67. The number of hydrogen-bond acceptors (Lipinski definition) is 4. The Hall–Kier alpha value is -0.610. The summed E-state index contributed by atoms with van der Waals surface area (Å²) in [6.07, 6.45) is 6.17. The molecule has 4 nitrogen and oxygen atoms in total. The van der Waals surface area contributed by atoms with Crippen molar-refractivity contribution >= 4 is 5.97 Å². The van der Waals surface area contributed by atoms with Gasteiger partial charge in [0.25, 0.3) is 0 Å². The van der Waals surface area contributed by atoms with Crippen LogP contribution in [0, 0.1) is 11.3 Å². The number of likely N-dealkylation sites (tertiary alicyclic amines) is 1. The SMILES string of the molecule is COC(=O)C1CC(NCC(C)(C)C)CN(C2CCCC2)C1. The van der Waals surface area contributed by atoms with E-state index in [0.717, 1.165) is 26.1 Å². The monoisotopic (exact) mass is 296 g/mol. The van der Waals surface area contributed by atoms with Gasteiger partial charge in [-0.1, -0.05) is 33.6 Å². The van der Waals surface area contributed by atoms with Crippen LogP contribution in [0.15, 0.2) is 0 Å². The minimum absolute atomic E-state index is 0.0295. The van der Waals surface area contributed by atoms with Gasteiger partial charge in [0.05, 0.1) is 13.0 Å². The first kappa shape index (κ1) is 16.8. The van der Waals surface area contributed by atoms with Crippen LogP contribution in [0.5, 0.6) is 0 Å². The van der Waals surface area contributed by atoms with Crippen LogP contribution < -0.4 is 5.32 Å². The predicted octanol–water partition coefficient (Wildman–Crippen LogP) is 2.43. The Morgan fingerprint density at radius 3 is 2.48 bits per heavy atom. The van der Waals surface area contributed by atoms with Crippen molar-refractivity contribution in [3.05, 3.63) is 0 Å². The number of carbonyl (C=O) groups excluding carboxylic acids is 1. The van der Waals surface area contributed by atoms with Crippen molar-refractivity contribution in [2.45, 2.75) is 65.0 Å². The van der Waals surface area contributed by atoms with Crippen LogP contribution in [0.4, 0.5) is 0 Å². The van der Waals surface area contributed by atoms with Gasteiger partial charge in [0.1, 0.15) is 0 Å². The number of esters is 1. The molecule has 0 spiro atoms. The minimum Gasteiger partial charge on any atom is -0.469 e. The minimum atomic E-state index is -0.0414. The van der Waals surface area contributed by atoms with E-state index in [1.165, 1.54) is 32.8 Å². The largest absolute Gasteiger partial charge is 0.469 e. The fourth-order valence-corrected chi connectivity index (χ4v) is 3.64. The van der Waals surface area contributed by atoms with Gasteiger partial charge in [-0.05, 0) is 24.7 Å². The van der Waals surface area contributed by atoms with Crippen LogP contribution >= 0.6 is 0 Å². The molecule has 2 atom stereocenters. The molecule has 0 radical (unpaired) electrons. The number of rotatable bonds is 4. The van der Waals surface area contributed by atoms with Crippen molar-refractivity contribution in [1.29, 1.82) is 0 Å². The molecule has 1 N–H and O–H groups in total. The van der Waals surface area contributed by atoms with Gasteiger partial charge in [-0.25, -0.2) is 0 Å². The average Bonchev–Trinajstić information content (AvgIpc) is 2.97. The van der Waals surface area contributed by atoms with E-state index in [9.17, 15) is 4.79 Å². The Kier molecular flexibility index (Phi) is 5.67. The van der Waals surface area contributed by atoms with Crippen LogP contribution in [0.25, 0.3) is 0 Å². The lowest BCUT2D eigenvalue weighted by Crippen LogP contribution is -2.54. The fourth-order valence-electron chi connectivity index (χ4n) is 3.64. The first-order chi connectivity index (χ1) is 9.89. The third-order valence-corrected chi connectivity index (χ3v) is 4.78. The third-order valence-electron chi connectivity index (χ3n) is 4.78. The summed E-state index contributed by atoms with van der Waals surface area (Å²) in [5.41, 5.74) is 0.274. The molecule has 0 amide bonds. The Morgan fingerprint density at radius 2 is 1.90 bits per heavy atom. The number of nitrogens with zero attached hydrogens (tertiary/aromatic N) is 1. The number of hydrogen-bond donors (Lipinski definition) is 1. The Bertz CT molecular complexity index is 345. The van der Waals surface area contributed by atoms with E-state index in [1.54, 1.807) is 0 Å².